The summed E-state index contributed by atoms with van der Waals surface area (Å²) in [5.74, 6) is 0.0875. The van der Waals surface area contributed by atoms with Gasteiger partial charge >= 0.3 is 0 Å². The van der Waals surface area contributed by atoms with Gasteiger partial charge in [0.1, 0.15) is 5.82 Å². The summed E-state index contributed by atoms with van der Waals surface area (Å²) in [5.41, 5.74) is 1.44. The molecule has 15 heavy (non-hydrogen) atoms. The monoisotopic (exact) mass is 207 g/mol. The number of carbonyl (C=O) groups excluding carboxylic acids is 1. The van der Waals surface area contributed by atoms with Crippen LogP contribution in [0.4, 0.5) is 4.39 Å². The van der Waals surface area contributed by atoms with Gasteiger partial charge < -0.3 is 5.32 Å². The van der Waals surface area contributed by atoms with Crippen LogP contribution in [0, 0.1) is 18.7 Å². The number of halogens is 1. The van der Waals surface area contributed by atoms with Crippen LogP contribution in [-0.2, 0) is 11.3 Å². The first kappa shape index (κ1) is 10.1. The Morgan fingerprint density at radius 2 is 2.27 bits per heavy atom. The minimum atomic E-state index is -0.215. The van der Waals surface area contributed by atoms with Crippen molar-refractivity contribution < 1.29 is 9.18 Å². The fourth-order valence-corrected chi connectivity index (χ4v) is 1.43. The Hall–Kier alpha value is -1.38. The number of rotatable bonds is 3. The molecule has 0 atom stereocenters. The van der Waals surface area contributed by atoms with E-state index in [-0.39, 0.29) is 17.6 Å². The second-order valence-electron chi connectivity index (χ2n) is 4.08. The Morgan fingerprint density at radius 1 is 1.53 bits per heavy atom. The van der Waals surface area contributed by atoms with E-state index in [4.69, 9.17) is 0 Å². The van der Waals surface area contributed by atoms with Crippen molar-refractivity contribution in [1.29, 1.82) is 0 Å². The number of aryl methyl sites for hydroxylation is 1. The van der Waals surface area contributed by atoms with Gasteiger partial charge in [-0.05, 0) is 37.0 Å². The molecular weight excluding hydrogens is 193 g/mol. The van der Waals surface area contributed by atoms with Gasteiger partial charge in [-0.15, -0.1) is 0 Å². The molecule has 0 spiro atoms. The zero-order chi connectivity index (χ0) is 10.8. The van der Waals surface area contributed by atoms with Gasteiger partial charge in [0.25, 0.3) is 0 Å². The third-order valence-corrected chi connectivity index (χ3v) is 2.65. The van der Waals surface area contributed by atoms with Gasteiger partial charge in [0.15, 0.2) is 0 Å². The Bertz CT molecular complexity index is 385. The molecule has 1 fully saturated rings. The smallest absolute Gasteiger partial charge is 0.223 e. The minimum Gasteiger partial charge on any atom is -0.352 e. The van der Waals surface area contributed by atoms with Gasteiger partial charge in [-0.25, -0.2) is 4.39 Å². The van der Waals surface area contributed by atoms with Crippen LogP contribution in [0.15, 0.2) is 18.2 Å². The molecule has 0 radical (unpaired) electrons. The van der Waals surface area contributed by atoms with Crippen molar-refractivity contribution in [2.45, 2.75) is 26.3 Å². The molecule has 0 heterocycles. The fraction of sp³-hybridized carbons (Fsp3) is 0.417. The molecule has 1 saturated carbocycles. The third-order valence-electron chi connectivity index (χ3n) is 2.65. The van der Waals surface area contributed by atoms with Crippen molar-refractivity contribution in [2.75, 3.05) is 0 Å². The zero-order valence-electron chi connectivity index (χ0n) is 8.72. The zero-order valence-corrected chi connectivity index (χ0v) is 8.72. The minimum absolute atomic E-state index is 0.0935. The summed E-state index contributed by atoms with van der Waals surface area (Å²) >= 11 is 0. The largest absolute Gasteiger partial charge is 0.352 e. The average molecular weight is 207 g/mol. The molecule has 1 aromatic carbocycles. The molecule has 1 amide bonds. The van der Waals surface area contributed by atoms with E-state index >= 15 is 0 Å². The Labute approximate surface area is 88.5 Å². The second kappa shape index (κ2) is 4.01. The molecular formula is C12H14FNO. The van der Waals surface area contributed by atoms with E-state index in [2.05, 4.69) is 5.32 Å². The number of carbonyl (C=O) groups is 1. The molecule has 3 heteroatoms. The first-order valence-electron chi connectivity index (χ1n) is 5.19. The van der Waals surface area contributed by atoms with Gasteiger partial charge in [0.05, 0.1) is 0 Å². The van der Waals surface area contributed by atoms with E-state index in [0.29, 0.717) is 12.1 Å². The number of nitrogens with one attached hydrogen (secondary N) is 1. The maximum absolute atomic E-state index is 13.2. The van der Waals surface area contributed by atoms with Gasteiger partial charge in [0, 0.05) is 12.5 Å². The molecule has 80 valence electrons. The number of benzene rings is 1. The Kier molecular flexibility index (Phi) is 2.71. The van der Waals surface area contributed by atoms with Gasteiger partial charge in [-0.2, -0.15) is 0 Å². The highest BCUT2D eigenvalue weighted by Crippen LogP contribution is 2.28. The van der Waals surface area contributed by atoms with Crippen LogP contribution in [-0.4, -0.2) is 5.91 Å². The predicted molar refractivity (Wildman–Crippen MR) is 55.7 cm³/mol. The van der Waals surface area contributed by atoms with Crippen molar-refractivity contribution in [3.63, 3.8) is 0 Å². The lowest BCUT2D eigenvalue weighted by Crippen LogP contribution is -2.24. The van der Waals surface area contributed by atoms with Crippen LogP contribution in [0.3, 0.4) is 0 Å². The quantitative estimate of drug-likeness (QED) is 0.808. The summed E-state index contributed by atoms with van der Waals surface area (Å²) in [7, 11) is 0. The second-order valence-corrected chi connectivity index (χ2v) is 4.08. The molecule has 0 aromatic heterocycles. The average Bonchev–Trinajstić information content (AvgIpc) is 3.03. The summed E-state index contributed by atoms with van der Waals surface area (Å²) in [4.78, 5) is 11.3. The van der Waals surface area contributed by atoms with Crippen LogP contribution in [0.2, 0.25) is 0 Å². The molecule has 0 aliphatic heterocycles. The molecule has 1 aliphatic rings. The van der Waals surface area contributed by atoms with E-state index in [9.17, 15) is 9.18 Å². The molecule has 0 bridgehead atoms. The predicted octanol–water partition coefficient (Wildman–Crippen LogP) is 2.16. The van der Waals surface area contributed by atoms with Crippen molar-refractivity contribution in [3.8, 4) is 0 Å². The van der Waals surface area contributed by atoms with Gasteiger partial charge in [0.2, 0.25) is 5.91 Å². The molecule has 0 unspecified atom stereocenters. The highest BCUT2D eigenvalue weighted by atomic mass is 19.1. The summed E-state index contributed by atoms with van der Waals surface area (Å²) in [6, 6.07) is 5.04. The lowest BCUT2D eigenvalue weighted by molar-refractivity contribution is -0.122. The van der Waals surface area contributed by atoms with Crippen LogP contribution in [0.1, 0.15) is 24.0 Å². The highest BCUT2D eigenvalue weighted by molar-refractivity contribution is 5.80. The highest BCUT2D eigenvalue weighted by Gasteiger charge is 2.29. The molecule has 0 saturated heterocycles. The SMILES string of the molecule is Cc1ccc(CNC(=O)C2CC2)cc1F. The van der Waals surface area contributed by atoms with Crippen molar-refractivity contribution in [3.05, 3.63) is 35.1 Å². The van der Waals surface area contributed by atoms with Gasteiger partial charge in [-0.3, -0.25) is 4.79 Å². The van der Waals surface area contributed by atoms with E-state index in [1.807, 2.05) is 6.07 Å². The third kappa shape index (κ3) is 2.55. The number of amides is 1. The van der Waals surface area contributed by atoms with Crippen molar-refractivity contribution in [1.82, 2.24) is 5.32 Å². The fourth-order valence-electron chi connectivity index (χ4n) is 1.43. The van der Waals surface area contributed by atoms with Crippen molar-refractivity contribution in [2.24, 2.45) is 5.92 Å². The van der Waals surface area contributed by atoms with E-state index in [1.165, 1.54) is 6.07 Å². The molecule has 2 nitrogen and oxygen atoms in total. The molecule has 2 rings (SSSR count). The van der Waals surface area contributed by atoms with E-state index in [1.54, 1.807) is 13.0 Å². The maximum atomic E-state index is 13.2. The first-order valence-corrected chi connectivity index (χ1v) is 5.19. The summed E-state index contributed by atoms with van der Waals surface area (Å²) in [6.45, 7) is 2.15. The molecule has 1 N–H and O–H groups in total. The first-order chi connectivity index (χ1) is 7.16. The number of hydrogen-bond acceptors (Lipinski definition) is 1. The lowest BCUT2D eigenvalue weighted by Gasteiger charge is -2.05. The lowest BCUT2D eigenvalue weighted by atomic mass is 10.1. The van der Waals surface area contributed by atoms with Crippen LogP contribution in [0.5, 0.6) is 0 Å². The standard InChI is InChI=1S/C12H14FNO/c1-8-2-3-9(6-11(8)13)7-14-12(15)10-4-5-10/h2-3,6,10H,4-5,7H2,1H3,(H,14,15). The normalized spacial score (nSPS) is 15.1. The summed E-state index contributed by atoms with van der Waals surface area (Å²) < 4.78 is 13.2. The maximum Gasteiger partial charge on any atom is 0.223 e. The summed E-state index contributed by atoms with van der Waals surface area (Å²) in [6.07, 6.45) is 1.99. The van der Waals surface area contributed by atoms with Crippen LogP contribution in [0.25, 0.3) is 0 Å². The van der Waals surface area contributed by atoms with E-state index < -0.39 is 0 Å². The van der Waals surface area contributed by atoms with Gasteiger partial charge in [-0.1, -0.05) is 12.1 Å². The number of hydrogen-bond donors (Lipinski definition) is 1. The van der Waals surface area contributed by atoms with Crippen molar-refractivity contribution >= 4 is 5.91 Å². The molecule has 1 aliphatic carbocycles. The van der Waals surface area contributed by atoms with Crippen LogP contribution < -0.4 is 5.32 Å². The Morgan fingerprint density at radius 3 is 2.87 bits per heavy atom. The molecule has 1 aromatic rings. The summed E-state index contributed by atoms with van der Waals surface area (Å²) in [5, 5.41) is 2.80. The topological polar surface area (TPSA) is 29.1 Å². The Balaban J connectivity index is 1.92. The van der Waals surface area contributed by atoms with E-state index in [0.717, 1.165) is 18.4 Å². The van der Waals surface area contributed by atoms with Crippen LogP contribution >= 0.6 is 0 Å².